The third kappa shape index (κ3) is 10.1. The Morgan fingerprint density at radius 1 is 0.694 bits per heavy atom. The van der Waals surface area contributed by atoms with Gasteiger partial charge in [-0.2, -0.15) is 8.61 Å². The van der Waals surface area contributed by atoms with E-state index in [1.54, 1.807) is 51.3 Å². The number of carbonyl (C=O) groups is 1. The van der Waals surface area contributed by atoms with Crippen LogP contribution in [0.5, 0.6) is 11.5 Å². The zero-order valence-corrected chi connectivity index (χ0v) is 38.9. The maximum absolute atomic E-state index is 14.2. The summed E-state index contributed by atoms with van der Waals surface area (Å²) in [6, 6.07) is 24.4. The van der Waals surface area contributed by atoms with Gasteiger partial charge in [0.2, 0.25) is 20.0 Å². The molecular formula is C47H59N5O7S3. The zero-order chi connectivity index (χ0) is 44.0. The Hall–Kier alpha value is -4.51. The van der Waals surface area contributed by atoms with Crippen molar-refractivity contribution in [1.29, 1.82) is 0 Å². The number of aromatic nitrogens is 1. The average Bonchev–Trinajstić information content (AvgIpc) is 3.90. The van der Waals surface area contributed by atoms with Crippen molar-refractivity contribution < 1.29 is 31.1 Å². The van der Waals surface area contributed by atoms with Crippen molar-refractivity contribution in [2.45, 2.75) is 82.2 Å². The molecule has 3 aliphatic heterocycles. The maximum Gasteiger partial charge on any atom is 0.270 e. The van der Waals surface area contributed by atoms with Gasteiger partial charge >= 0.3 is 0 Å². The fourth-order valence-electron chi connectivity index (χ4n) is 8.30. The van der Waals surface area contributed by atoms with Crippen LogP contribution in [0.3, 0.4) is 0 Å². The molecule has 3 aromatic carbocycles. The predicted octanol–water partition coefficient (Wildman–Crippen LogP) is 7.84. The fourth-order valence-corrected chi connectivity index (χ4v) is 12.1. The maximum atomic E-state index is 14.2. The first kappa shape index (κ1) is 45.5. The van der Waals surface area contributed by atoms with Crippen LogP contribution in [0.2, 0.25) is 0 Å². The number of aryl methyl sites for hydroxylation is 3. The summed E-state index contributed by atoms with van der Waals surface area (Å²) in [5.41, 5.74) is 7.05. The molecule has 0 unspecified atom stereocenters. The number of nitrogens with one attached hydrogen (secondary N) is 1. The molecule has 62 heavy (non-hydrogen) atoms. The summed E-state index contributed by atoms with van der Waals surface area (Å²) < 4.78 is 68.7. The van der Waals surface area contributed by atoms with E-state index in [0.29, 0.717) is 85.6 Å². The topological polar surface area (TPSA) is 130 Å². The van der Waals surface area contributed by atoms with Crippen LogP contribution < -0.4 is 14.8 Å². The lowest BCUT2D eigenvalue weighted by atomic mass is 9.95. The van der Waals surface area contributed by atoms with Crippen LogP contribution in [-0.2, 0) is 33.0 Å². The minimum absolute atomic E-state index is 0.0128. The molecule has 0 saturated carbocycles. The SMILES string of the molecule is COc1cc2c(cc1OC(C)C)-c1c(-c3cccs3)cc(C(=O)N3CCCN(S(=O)(=O)c4ccc(C)cc4)CCC3)n1CC2.Cc1ccc(S(=O)(=O)N2CCCNCCC2)cc1. The van der Waals surface area contributed by atoms with Crippen molar-refractivity contribution in [3.63, 3.8) is 0 Å². The van der Waals surface area contributed by atoms with Gasteiger partial charge in [0.05, 0.1) is 28.7 Å². The number of hydrogen-bond donors (Lipinski definition) is 1. The second-order valence-corrected chi connectivity index (χ2v) is 21.2. The van der Waals surface area contributed by atoms with Gasteiger partial charge in [-0.25, -0.2) is 16.8 Å². The number of amides is 1. The Morgan fingerprint density at radius 3 is 1.77 bits per heavy atom. The van der Waals surface area contributed by atoms with E-state index in [1.807, 2.05) is 69.0 Å². The minimum atomic E-state index is -3.58. The standard InChI is InChI=1S/C34H39N3O5S2.C13H20N2O2S/c1-23(2)42-31-22-27-25(20-30(31)41-4)13-18-37-29(21-28(33(27)37)32-8-5-19-43-32)34(38)35-14-6-16-36(17-7-15-35)44(39,40)26-11-9-24(3)10-12-26;1-12-4-6-13(7-5-12)18(16,17)15-10-2-8-14-9-3-11-15/h5,8-12,19-23H,6-7,13-18H2,1-4H3;4-7,14H,2-3,8-11H2,1H3. The minimum Gasteiger partial charge on any atom is -0.493 e. The molecule has 5 heterocycles. The van der Waals surface area contributed by atoms with E-state index in [2.05, 4.69) is 33.5 Å². The smallest absolute Gasteiger partial charge is 0.270 e. The predicted molar refractivity (Wildman–Crippen MR) is 246 cm³/mol. The Labute approximate surface area is 371 Å². The van der Waals surface area contributed by atoms with Crippen molar-refractivity contribution in [1.82, 2.24) is 23.4 Å². The Morgan fingerprint density at radius 2 is 1.26 bits per heavy atom. The molecule has 1 N–H and O–H groups in total. The van der Waals surface area contributed by atoms with E-state index in [0.717, 1.165) is 65.2 Å². The summed E-state index contributed by atoms with van der Waals surface area (Å²) >= 11 is 1.66. The van der Waals surface area contributed by atoms with Gasteiger partial charge in [-0.15, -0.1) is 11.3 Å². The lowest BCUT2D eigenvalue weighted by Crippen LogP contribution is -2.42. The van der Waals surface area contributed by atoms with Gasteiger partial charge in [0.15, 0.2) is 11.5 Å². The molecule has 332 valence electrons. The first-order valence-electron chi connectivity index (χ1n) is 21.6. The van der Waals surface area contributed by atoms with Gasteiger partial charge in [-0.3, -0.25) is 4.79 Å². The van der Waals surface area contributed by atoms with Gasteiger partial charge < -0.3 is 24.3 Å². The molecule has 2 aromatic heterocycles. The highest BCUT2D eigenvalue weighted by atomic mass is 32.2. The van der Waals surface area contributed by atoms with E-state index >= 15 is 0 Å². The number of thiophene rings is 1. The third-order valence-corrected chi connectivity index (χ3v) is 16.2. The molecule has 15 heteroatoms. The number of ether oxygens (including phenoxy) is 2. The van der Waals surface area contributed by atoms with Crippen molar-refractivity contribution >= 4 is 37.3 Å². The summed E-state index contributed by atoms with van der Waals surface area (Å²) in [5.74, 6) is 1.39. The van der Waals surface area contributed by atoms with Crippen molar-refractivity contribution in [3.8, 4) is 33.2 Å². The summed E-state index contributed by atoms with van der Waals surface area (Å²) in [5, 5.41) is 5.34. The highest BCUT2D eigenvalue weighted by Crippen LogP contribution is 2.45. The van der Waals surface area contributed by atoms with Gasteiger partial charge in [-0.05, 0) is 132 Å². The average molecular weight is 902 g/mol. The van der Waals surface area contributed by atoms with Crippen LogP contribution in [0, 0.1) is 13.8 Å². The number of rotatable bonds is 9. The number of hydrogen-bond acceptors (Lipinski definition) is 9. The van der Waals surface area contributed by atoms with E-state index in [-0.39, 0.29) is 12.0 Å². The number of carbonyl (C=O) groups excluding carboxylic acids is 1. The van der Waals surface area contributed by atoms with Crippen molar-refractivity contribution in [2.24, 2.45) is 0 Å². The summed E-state index contributed by atoms with van der Waals surface area (Å²) in [6.45, 7) is 13.3. The largest absolute Gasteiger partial charge is 0.493 e. The van der Waals surface area contributed by atoms with Crippen LogP contribution in [-0.4, -0.2) is 106 Å². The molecule has 5 aromatic rings. The monoisotopic (exact) mass is 901 g/mol. The molecule has 1 amide bonds. The van der Waals surface area contributed by atoms with Gasteiger partial charge in [-0.1, -0.05) is 41.5 Å². The van der Waals surface area contributed by atoms with E-state index in [9.17, 15) is 21.6 Å². The van der Waals surface area contributed by atoms with Crippen molar-refractivity contribution in [2.75, 3.05) is 59.5 Å². The van der Waals surface area contributed by atoms with Crippen LogP contribution in [0.1, 0.15) is 66.7 Å². The van der Waals surface area contributed by atoms with Crippen LogP contribution in [0.25, 0.3) is 21.7 Å². The summed E-state index contributed by atoms with van der Waals surface area (Å²) in [7, 11) is -5.23. The molecule has 12 nitrogen and oxygen atoms in total. The molecular weight excluding hydrogens is 843 g/mol. The fraction of sp³-hybridized carbons (Fsp3) is 0.426. The summed E-state index contributed by atoms with van der Waals surface area (Å²) in [6.07, 6.45) is 3.63. The number of benzene rings is 3. The molecule has 0 bridgehead atoms. The van der Waals surface area contributed by atoms with Crippen LogP contribution in [0.15, 0.2) is 94.0 Å². The molecule has 2 saturated heterocycles. The second kappa shape index (κ2) is 19.9. The summed E-state index contributed by atoms with van der Waals surface area (Å²) in [4.78, 5) is 17.9. The van der Waals surface area contributed by atoms with Crippen LogP contribution in [0.4, 0.5) is 0 Å². The molecule has 0 spiro atoms. The highest BCUT2D eigenvalue weighted by molar-refractivity contribution is 7.89. The molecule has 8 rings (SSSR count). The quantitative estimate of drug-likeness (QED) is 0.159. The van der Waals surface area contributed by atoms with Gasteiger partial charge in [0, 0.05) is 61.8 Å². The second-order valence-electron chi connectivity index (χ2n) is 16.4. The molecule has 0 atom stereocenters. The third-order valence-electron chi connectivity index (χ3n) is 11.5. The Kier molecular flexibility index (Phi) is 14.6. The lowest BCUT2D eigenvalue weighted by molar-refractivity contribution is 0.0725. The molecule has 0 radical (unpaired) electrons. The lowest BCUT2D eigenvalue weighted by Gasteiger charge is -2.31. The number of methoxy groups -OCH3 is 1. The molecule has 0 aliphatic carbocycles. The van der Waals surface area contributed by atoms with Gasteiger partial charge in [0.1, 0.15) is 5.69 Å². The van der Waals surface area contributed by atoms with Crippen LogP contribution >= 0.6 is 11.3 Å². The Balaban J connectivity index is 0.000000268. The van der Waals surface area contributed by atoms with E-state index in [1.165, 1.54) is 5.56 Å². The zero-order valence-electron chi connectivity index (χ0n) is 36.4. The normalized spacial score (nSPS) is 16.8. The highest BCUT2D eigenvalue weighted by Gasteiger charge is 2.32. The van der Waals surface area contributed by atoms with E-state index < -0.39 is 20.0 Å². The van der Waals surface area contributed by atoms with Crippen molar-refractivity contribution in [3.05, 3.63) is 107 Å². The number of nitrogens with zero attached hydrogens (tertiary/aromatic N) is 4. The molecule has 2 fully saturated rings. The van der Waals surface area contributed by atoms with E-state index in [4.69, 9.17) is 9.47 Å². The Bertz CT molecular complexity index is 2520. The first-order valence-corrected chi connectivity index (χ1v) is 25.3. The number of sulfonamides is 2. The van der Waals surface area contributed by atoms with Gasteiger partial charge in [0.25, 0.3) is 5.91 Å². The first-order chi connectivity index (χ1) is 29.8. The molecule has 3 aliphatic rings. The number of fused-ring (bicyclic) bond motifs is 3.